The monoisotopic (exact) mass is 354 g/mol. The molecule has 0 atom stereocenters. The van der Waals surface area contributed by atoms with Gasteiger partial charge in [-0.3, -0.25) is 14.4 Å². The molecule has 2 N–H and O–H groups in total. The Morgan fingerprint density at radius 1 is 1.00 bits per heavy atom. The summed E-state index contributed by atoms with van der Waals surface area (Å²) in [4.78, 5) is 34.8. The number of ether oxygens (including phenoxy) is 1. The van der Waals surface area contributed by atoms with Crippen molar-refractivity contribution >= 4 is 23.3 Å². The standard InChI is InChI=1S/C20H22N2O4/c1-13(23)16-6-9-19(26-3)17(10-16)11-20(25)21-12-15-4-7-18(8-5-15)22-14(2)24/h4-10H,11-12H2,1-3H3,(H,21,25)(H,22,24). The minimum absolute atomic E-state index is 0.0615. The number of methoxy groups -OCH3 is 1. The summed E-state index contributed by atoms with van der Waals surface area (Å²) < 4.78 is 5.26. The Hall–Kier alpha value is -3.15. The quantitative estimate of drug-likeness (QED) is 0.749. The average molecular weight is 354 g/mol. The van der Waals surface area contributed by atoms with Gasteiger partial charge in [0.15, 0.2) is 5.78 Å². The molecule has 0 aromatic heterocycles. The predicted octanol–water partition coefficient (Wildman–Crippen LogP) is 2.72. The van der Waals surface area contributed by atoms with Gasteiger partial charge in [0, 0.05) is 30.3 Å². The number of amides is 2. The maximum atomic E-state index is 12.2. The highest BCUT2D eigenvalue weighted by molar-refractivity contribution is 5.94. The van der Waals surface area contributed by atoms with Crippen LogP contribution >= 0.6 is 0 Å². The fourth-order valence-corrected chi connectivity index (χ4v) is 2.48. The molecular weight excluding hydrogens is 332 g/mol. The third-order valence-corrected chi connectivity index (χ3v) is 3.80. The van der Waals surface area contributed by atoms with E-state index < -0.39 is 0 Å². The van der Waals surface area contributed by atoms with Crippen LogP contribution in [0.15, 0.2) is 42.5 Å². The van der Waals surface area contributed by atoms with Crippen molar-refractivity contribution in [2.75, 3.05) is 12.4 Å². The Bertz CT molecular complexity index is 813. The lowest BCUT2D eigenvalue weighted by atomic mass is 10.0. The highest BCUT2D eigenvalue weighted by Crippen LogP contribution is 2.21. The molecule has 2 rings (SSSR count). The summed E-state index contributed by atoms with van der Waals surface area (Å²) in [6.45, 7) is 3.30. The first kappa shape index (κ1) is 19.2. The van der Waals surface area contributed by atoms with Crippen molar-refractivity contribution in [3.63, 3.8) is 0 Å². The van der Waals surface area contributed by atoms with E-state index in [1.807, 2.05) is 12.1 Å². The van der Waals surface area contributed by atoms with Gasteiger partial charge in [-0.25, -0.2) is 0 Å². The van der Waals surface area contributed by atoms with Gasteiger partial charge < -0.3 is 15.4 Å². The summed E-state index contributed by atoms with van der Waals surface area (Å²) in [7, 11) is 1.53. The van der Waals surface area contributed by atoms with Crippen molar-refractivity contribution in [3.8, 4) is 5.75 Å². The first-order valence-corrected chi connectivity index (χ1v) is 8.20. The van der Waals surface area contributed by atoms with Gasteiger partial charge >= 0.3 is 0 Å². The molecule has 6 nitrogen and oxygen atoms in total. The summed E-state index contributed by atoms with van der Waals surface area (Å²) in [6.07, 6.45) is 0.119. The molecule has 0 aliphatic rings. The third kappa shape index (κ3) is 5.44. The van der Waals surface area contributed by atoms with Crippen LogP contribution in [0.5, 0.6) is 5.75 Å². The lowest BCUT2D eigenvalue weighted by Crippen LogP contribution is -2.24. The van der Waals surface area contributed by atoms with Crippen LogP contribution in [0, 0.1) is 0 Å². The summed E-state index contributed by atoms with van der Waals surface area (Å²) in [6, 6.07) is 12.3. The van der Waals surface area contributed by atoms with Gasteiger partial charge in [-0.1, -0.05) is 12.1 Å². The number of Topliss-reactive ketones (excluding diaryl/α,β-unsaturated/α-hetero) is 1. The molecule has 0 heterocycles. The fraction of sp³-hybridized carbons (Fsp3) is 0.250. The number of benzene rings is 2. The second kappa shape index (κ2) is 8.80. The van der Waals surface area contributed by atoms with Crippen LogP contribution in [0.25, 0.3) is 0 Å². The van der Waals surface area contributed by atoms with Crippen LogP contribution < -0.4 is 15.4 Å². The van der Waals surface area contributed by atoms with Gasteiger partial charge in [-0.15, -0.1) is 0 Å². The average Bonchev–Trinajstić information content (AvgIpc) is 2.60. The molecule has 0 fully saturated rings. The lowest BCUT2D eigenvalue weighted by molar-refractivity contribution is -0.120. The number of nitrogens with one attached hydrogen (secondary N) is 2. The highest BCUT2D eigenvalue weighted by Gasteiger charge is 2.11. The van der Waals surface area contributed by atoms with Crippen molar-refractivity contribution in [2.45, 2.75) is 26.8 Å². The van der Waals surface area contributed by atoms with E-state index in [0.29, 0.717) is 29.1 Å². The van der Waals surface area contributed by atoms with E-state index in [4.69, 9.17) is 4.74 Å². The number of carbonyl (C=O) groups is 3. The van der Waals surface area contributed by atoms with E-state index in [9.17, 15) is 14.4 Å². The van der Waals surface area contributed by atoms with Gasteiger partial charge in [0.05, 0.1) is 13.5 Å². The van der Waals surface area contributed by atoms with Crippen LogP contribution in [0.3, 0.4) is 0 Å². The first-order valence-electron chi connectivity index (χ1n) is 8.20. The van der Waals surface area contributed by atoms with E-state index >= 15 is 0 Å². The summed E-state index contributed by atoms with van der Waals surface area (Å²) >= 11 is 0. The summed E-state index contributed by atoms with van der Waals surface area (Å²) in [5, 5.41) is 5.53. The molecule has 0 saturated carbocycles. The second-order valence-electron chi connectivity index (χ2n) is 5.91. The van der Waals surface area contributed by atoms with Gasteiger partial charge in [-0.05, 0) is 42.8 Å². The van der Waals surface area contributed by atoms with Crippen LogP contribution in [-0.2, 0) is 22.6 Å². The number of rotatable bonds is 7. The van der Waals surface area contributed by atoms with Crippen molar-refractivity contribution in [2.24, 2.45) is 0 Å². The fourth-order valence-electron chi connectivity index (χ4n) is 2.48. The maximum Gasteiger partial charge on any atom is 0.224 e. The Morgan fingerprint density at radius 2 is 1.69 bits per heavy atom. The zero-order chi connectivity index (χ0) is 19.1. The molecule has 0 unspecified atom stereocenters. The van der Waals surface area contributed by atoms with Crippen molar-refractivity contribution < 1.29 is 19.1 Å². The van der Waals surface area contributed by atoms with E-state index in [-0.39, 0.29) is 24.0 Å². The maximum absolute atomic E-state index is 12.2. The second-order valence-corrected chi connectivity index (χ2v) is 5.91. The van der Waals surface area contributed by atoms with Crippen LogP contribution in [0.4, 0.5) is 5.69 Å². The minimum Gasteiger partial charge on any atom is -0.496 e. The molecule has 0 aliphatic carbocycles. The van der Waals surface area contributed by atoms with Crippen molar-refractivity contribution in [3.05, 3.63) is 59.2 Å². The van der Waals surface area contributed by atoms with Gasteiger partial charge in [0.25, 0.3) is 0 Å². The van der Waals surface area contributed by atoms with E-state index in [2.05, 4.69) is 10.6 Å². The number of hydrogen-bond donors (Lipinski definition) is 2. The minimum atomic E-state index is -0.171. The zero-order valence-electron chi connectivity index (χ0n) is 15.1. The van der Waals surface area contributed by atoms with Crippen LogP contribution in [-0.4, -0.2) is 24.7 Å². The molecule has 0 saturated heterocycles. The Kier molecular flexibility index (Phi) is 6.49. The van der Waals surface area contributed by atoms with Crippen LogP contribution in [0.2, 0.25) is 0 Å². The van der Waals surface area contributed by atoms with Crippen molar-refractivity contribution in [1.29, 1.82) is 0 Å². The highest BCUT2D eigenvalue weighted by atomic mass is 16.5. The largest absolute Gasteiger partial charge is 0.496 e. The van der Waals surface area contributed by atoms with Gasteiger partial charge in [0.1, 0.15) is 5.75 Å². The third-order valence-electron chi connectivity index (χ3n) is 3.80. The lowest BCUT2D eigenvalue weighted by Gasteiger charge is -2.11. The zero-order valence-corrected chi connectivity index (χ0v) is 15.1. The smallest absolute Gasteiger partial charge is 0.224 e. The summed E-state index contributed by atoms with van der Waals surface area (Å²) in [5.41, 5.74) is 2.83. The molecule has 6 heteroatoms. The van der Waals surface area contributed by atoms with E-state index in [0.717, 1.165) is 5.56 Å². The Morgan fingerprint density at radius 3 is 2.27 bits per heavy atom. The molecule has 2 amide bonds. The molecule has 2 aromatic carbocycles. The Labute approximate surface area is 152 Å². The molecule has 26 heavy (non-hydrogen) atoms. The molecule has 0 aliphatic heterocycles. The number of hydrogen-bond acceptors (Lipinski definition) is 4. The number of anilines is 1. The molecule has 0 spiro atoms. The SMILES string of the molecule is COc1ccc(C(C)=O)cc1CC(=O)NCc1ccc(NC(C)=O)cc1. The van der Waals surface area contributed by atoms with Gasteiger partial charge in [-0.2, -0.15) is 0 Å². The molecule has 0 radical (unpaired) electrons. The first-order chi connectivity index (χ1) is 12.4. The van der Waals surface area contributed by atoms with E-state index in [1.54, 1.807) is 30.3 Å². The van der Waals surface area contributed by atoms with Gasteiger partial charge in [0.2, 0.25) is 11.8 Å². The number of carbonyl (C=O) groups excluding carboxylic acids is 3. The summed E-state index contributed by atoms with van der Waals surface area (Å²) in [5.74, 6) is 0.209. The number of ketones is 1. The van der Waals surface area contributed by atoms with Crippen molar-refractivity contribution in [1.82, 2.24) is 5.32 Å². The molecule has 2 aromatic rings. The van der Waals surface area contributed by atoms with Crippen LogP contribution in [0.1, 0.15) is 35.3 Å². The normalized spacial score (nSPS) is 10.1. The Balaban J connectivity index is 1.97. The predicted molar refractivity (Wildman–Crippen MR) is 99.3 cm³/mol. The molecule has 136 valence electrons. The molecular formula is C20H22N2O4. The topological polar surface area (TPSA) is 84.5 Å². The molecule has 0 bridgehead atoms. The van der Waals surface area contributed by atoms with E-state index in [1.165, 1.54) is 21.0 Å².